The maximum absolute atomic E-state index is 13.3. The zero-order valence-corrected chi connectivity index (χ0v) is 17.4. The summed E-state index contributed by atoms with van der Waals surface area (Å²) in [5.74, 6) is 3.18. The van der Waals surface area contributed by atoms with E-state index in [2.05, 4.69) is 21.2 Å². The molecule has 0 spiro atoms. The largest absolute Gasteiger partial charge is 0.286 e. The molecule has 0 fully saturated rings. The van der Waals surface area contributed by atoms with Crippen LogP contribution in [-0.4, -0.2) is 21.4 Å². The van der Waals surface area contributed by atoms with Crippen molar-refractivity contribution in [1.82, 2.24) is 4.98 Å². The Morgan fingerprint density at radius 1 is 0.933 bits per heavy atom. The SMILES string of the molecule is Cc1ccc(S(C)(=O)=NC(=O)c2cncc(C#Cc3cc(F)cc(F)c3)c2)cc1C. The Morgan fingerprint density at radius 3 is 2.27 bits per heavy atom. The van der Waals surface area contributed by atoms with Crippen LogP contribution >= 0.6 is 0 Å². The molecule has 0 aliphatic rings. The summed E-state index contributed by atoms with van der Waals surface area (Å²) < 4.78 is 43.4. The first-order valence-corrected chi connectivity index (χ1v) is 10.8. The summed E-state index contributed by atoms with van der Waals surface area (Å²) in [5, 5.41) is 0. The number of hydrogen-bond donors (Lipinski definition) is 0. The smallest absolute Gasteiger partial charge is 0.266 e. The monoisotopic (exact) mass is 424 g/mol. The third kappa shape index (κ3) is 5.16. The van der Waals surface area contributed by atoms with Gasteiger partial charge in [0.2, 0.25) is 0 Å². The third-order valence-electron chi connectivity index (χ3n) is 4.37. The fraction of sp³-hybridized carbons (Fsp3) is 0.130. The molecule has 0 aliphatic heterocycles. The highest BCUT2D eigenvalue weighted by Crippen LogP contribution is 2.17. The molecule has 0 bridgehead atoms. The fourth-order valence-corrected chi connectivity index (χ4v) is 3.85. The fourth-order valence-electron chi connectivity index (χ4n) is 2.61. The highest BCUT2D eigenvalue weighted by Gasteiger charge is 2.13. The number of nitrogens with zero attached hydrogens (tertiary/aromatic N) is 2. The molecule has 1 heterocycles. The van der Waals surface area contributed by atoms with Crippen LogP contribution in [0.2, 0.25) is 0 Å². The molecule has 0 aliphatic carbocycles. The first kappa shape index (κ1) is 21.3. The third-order valence-corrected chi connectivity index (χ3v) is 6.01. The Kier molecular flexibility index (Phi) is 6.09. The van der Waals surface area contributed by atoms with Gasteiger partial charge in [0, 0.05) is 40.7 Å². The van der Waals surface area contributed by atoms with E-state index in [4.69, 9.17) is 0 Å². The van der Waals surface area contributed by atoms with Crippen molar-refractivity contribution in [2.24, 2.45) is 4.36 Å². The lowest BCUT2D eigenvalue weighted by molar-refractivity contribution is 0.100. The molecule has 0 saturated carbocycles. The van der Waals surface area contributed by atoms with Crippen molar-refractivity contribution in [3.63, 3.8) is 0 Å². The number of pyridine rings is 1. The molecule has 2 aromatic carbocycles. The van der Waals surface area contributed by atoms with E-state index in [1.54, 1.807) is 12.1 Å². The molecule has 7 heteroatoms. The molecule has 0 saturated heterocycles. The van der Waals surface area contributed by atoms with Crippen LogP contribution in [0.15, 0.2) is 64.1 Å². The van der Waals surface area contributed by atoms with Crippen LogP contribution in [0.4, 0.5) is 8.78 Å². The number of rotatable bonds is 2. The Morgan fingerprint density at radius 2 is 1.60 bits per heavy atom. The Hall–Kier alpha value is -3.37. The number of amides is 1. The van der Waals surface area contributed by atoms with Gasteiger partial charge in [-0.05, 0) is 55.3 Å². The molecular formula is C23H18F2N2O2S. The summed E-state index contributed by atoms with van der Waals surface area (Å²) in [6.07, 6.45) is 4.12. The van der Waals surface area contributed by atoms with Crippen molar-refractivity contribution >= 4 is 15.6 Å². The van der Waals surface area contributed by atoms with E-state index in [9.17, 15) is 17.8 Å². The minimum atomic E-state index is -2.95. The molecule has 3 rings (SSSR count). The summed E-state index contributed by atoms with van der Waals surface area (Å²) >= 11 is 0. The summed E-state index contributed by atoms with van der Waals surface area (Å²) in [7, 11) is -2.95. The van der Waals surface area contributed by atoms with Crippen molar-refractivity contribution in [3.8, 4) is 11.8 Å². The lowest BCUT2D eigenvalue weighted by Gasteiger charge is -2.07. The van der Waals surface area contributed by atoms with Crippen molar-refractivity contribution in [1.29, 1.82) is 0 Å². The van der Waals surface area contributed by atoms with Crippen molar-refractivity contribution in [2.45, 2.75) is 18.7 Å². The first-order chi connectivity index (χ1) is 14.1. The standard InChI is InChI=1S/C23H18F2N2O2S/c1-15-4-7-22(8-16(15)2)30(3,29)27-23(28)19-9-18(13-26-14-19)6-5-17-10-20(24)12-21(25)11-17/h4,7-14H,1-3H3. The van der Waals surface area contributed by atoms with Crippen LogP contribution in [-0.2, 0) is 9.73 Å². The number of aromatic nitrogens is 1. The van der Waals surface area contributed by atoms with E-state index in [0.717, 1.165) is 29.3 Å². The number of halogens is 2. The maximum Gasteiger partial charge on any atom is 0.286 e. The molecule has 1 amide bonds. The van der Waals surface area contributed by atoms with E-state index < -0.39 is 27.3 Å². The highest BCUT2D eigenvalue weighted by atomic mass is 32.2. The zero-order valence-electron chi connectivity index (χ0n) is 16.6. The van der Waals surface area contributed by atoms with Crippen LogP contribution in [0, 0.1) is 37.3 Å². The van der Waals surface area contributed by atoms with Gasteiger partial charge >= 0.3 is 0 Å². The lowest BCUT2D eigenvalue weighted by atomic mass is 10.1. The molecular weight excluding hydrogens is 406 g/mol. The highest BCUT2D eigenvalue weighted by molar-refractivity contribution is 7.93. The summed E-state index contributed by atoms with van der Waals surface area (Å²) in [6, 6.07) is 9.68. The number of aryl methyl sites for hydroxylation is 2. The van der Waals surface area contributed by atoms with Crippen LogP contribution in [0.25, 0.3) is 0 Å². The van der Waals surface area contributed by atoms with Crippen LogP contribution in [0.3, 0.4) is 0 Å². The van der Waals surface area contributed by atoms with Crippen molar-refractivity contribution in [2.75, 3.05) is 6.26 Å². The summed E-state index contributed by atoms with van der Waals surface area (Å²) in [4.78, 5) is 17.0. The van der Waals surface area contributed by atoms with E-state index >= 15 is 0 Å². The minimum absolute atomic E-state index is 0.116. The second kappa shape index (κ2) is 8.56. The van der Waals surface area contributed by atoms with Crippen LogP contribution in [0.1, 0.15) is 32.6 Å². The van der Waals surface area contributed by atoms with Gasteiger partial charge in [-0.2, -0.15) is 4.36 Å². The van der Waals surface area contributed by atoms with Gasteiger partial charge < -0.3 is 0 Å². The molecule has 1 unspecified atom stereocenters. The van der Waals surface area contributed by atoms with Gasteiger partial charge in [-0.25, -0.2) is 13.0 Å². The molecule has 0 radical (unpaired) electrons. The summed E-state index contributed by atoms with van der Waals surface area (Å²) in [6.45, 7) is 3.84. The van der Waals surface area contributed by atoms with Crippen LogP contribution in [0.5, 0.6) is 0 Å². The number of benzene rings is 2. The zero-order chi connectivity index (χ0) is 21.9. The molecule has 3 aromatic rings. The molecule has 152 valence electrons. The van der Waals surface area contributed by atoms with Gasteiger partial charge in [0.25, 0.3) is 5.91 Å². The number of carbonyl (C=O) groups excluding carboxylic acids is 1. The van der Waals surface area contributed by atoms with Crippen LogP contribution < -0.4 is 0 Å². The van der Waals surface area contributed by atoms with Gasteiger partial charge in [-0.3, -0.25) is 9.78 Å². The molecule has 4 nitrogen and oxygen atoms in total. The molecule has 1 aromatic heterocycles. The van der Waals surface area contributed by atoms with Gasteiger partial charge in [0.05, 0.1) is 15.3 Å². The van der Waals surface area contributed by atoms with Crippen molar-refractivity contribution < 1.29 is 17.8 Å². The number of carbonyl (C=O) groups is 1. The quantitative estimate of drug-likeness (QED) is 0.562. The molecule has 0 N–H and O–H groups in total. The Bertz CT molecular complexity index is 1310. The average Bonchev–Trinajstić information content (AvgIpc) is 2.67. The van der Waals surface area contributed by atoms with Gasteiger partial charge in [-0.15, -0.1) is 0 Å². The Balaban J connectivity index is 1.91. The topological polar surface area (TPSA) is 59.4 Å². The van der Waals surface area contributed by atoms with Crippen molar-refractivity contribution in [3.05, 3.63) is 94.3 Å². The Labute approximate surface area is 174 Å². The summed E-state index contributed by atoms with van der Waals surface area (Å²) in [5.41, 5.74) is 2.63. The van der Waals surface area contributed by atoms with E-state index in [-0.39, 0.29) is 11.1 Å². The van der Waals surface area contributed by atoms with E-state index in [0.29, 0.717) is 10.5 Å². The number of hydrogen-bond acceptors (Lipinski definition) is 3. The normalized spacial score (nSPS) is 12.4. The molecule has 1 atom stereocenters. The first-order valence-electron chi connectivity index (χ1n) is 8.91. The minimum Gasteiger partial charge on any atom is -0.266 e. The predicted molar refractivity (Wildman–Crippen MR) is 112 cm³/mol. The second-order valence-corrected chi connectivity index (χ2v) is 9.07. The second-order valence-electron chi connectivity index (χ2n) is 6.82. The maximum atomic E-state index is 13.3. The predicted octanol–water partition coefficient (Wildman–Crippen LogP) is 4.67. The van der Waals surface area contributed by atoms with E-state index in [1.807, 2.05) is 19.9 Å². The van der Waals surface area contributed by atoms with E-state index in [1.165, 1.54) is 24.7 Å². The lowest BCUT2D eigenvalue weighted by Crippen LogP contribution is -2.05. The average molecular weight is 424 g/mol. The van der Waals surface area contributed by atoms with Gasteiger partial charge in [0.1, 0.15) is 11.6 Å². The molecule has 30 heavy (non-hydrogen) atoms. The van der Waals surface area contributed by atoms with Gasteiger partial charge in [0.15, 0.2) is 0 Å². The van der Waals surface area contributed by atoms with Gasteiger partial charge in [-0.1, -0.05) is 17.9 Å².